The molecule has 0 radical (unpaired) electrons. The molecule has 0 aliphatic heterocycles. The van der Waals surface area contributed by atoms with Crippen LogP contribution in [-0.2, 0) is 4.79 Å². The number of halogens is 1. The minimum atomic E-state index is -0.851. The highest BCUT2D eigenvalue weighted by molar-refractivity contribution is 9.10. The van der Waals surface area contributed by atoms with Gasteiger partial charge in [-0.25, -0.2) is 0 Å². The van der Waals surface area contributed by atoms with Crippen molar-refractivity contribution in [3.05, 3.63) is 27.7 Å². The van der Waals surface area contributed by atoms with Crippen LogP contribution >= 0.6 is 15.9 Å². The normalized spacial score (nSPS) is 12.6. The maximum Gasteiger partial charge on any atom is 0.310 e. The van der Waals surface area contributed by atoms with Gasteiger partial charge in [-0.2, -0.15) is 0 Å². The molecule has 17 heavy (non-hydrogen) atoms. The molecule has 94 valence electrons. The third-order valence-electron chi connectivity index (χ3n) is 2.77. The zero-order chi connectivity index (χ0) is 13.2. The lowest BCUT2D eigenvalue weighted by atomic mass is 9.93. The average molecular weight is 301 g/mol. The van der Waals surface area contributed by atoms with Gasteiger partial charge >= 0.3 is 5.97 Å². The van der Waals surface area contributed by atoms with Gasteiger partial charge in [0.2, 0.25) is 0 Å². The Hall–Kier alpha value is -1.03. The van der Waals surface area contributed by atoms with E-state index in [1.165, 1.54) is 0 Å². The van der Waals surface area contributed by atoms with Crippen molar-refractivity contribution in [3.63, 3.8) is 0 Å². The molecule has 0 amide bonds. The highest BCUT2D eigenvalue weighted by atomic mass is 79.9. The predicted octanol–water partition coefficient (Wildman–Crippen LogP) is 3.77. The Morgan fingerprint density at radius 3 is 2.24 bits per heavy atom. The summed E-state index contributed by atoms with van der Waals surface area (Å²) in [5, 5.41) is 9.10. The van der Waals surface area contributed by atoms with Crippen molar-refractivity contribution >= 4 is 21.9 Å². The third-order valence-corrected chi connectivity index (χ3v) is 3.23. The minimum absolute atomic E-state index is 0.280. The highest BCUT2D eigenvalue weighted by Crippen LogP contribution is 2.37. The number of carbonyl (C=O) groups is 1. The number of aliphatic carboxylic acids is 1. The number of carboxylic acid groups (broad SMARTS) is 1. The summed E-state index contributed by atoms with van der Waals surface area (Å²) >= 11 is 3.41. The van der Waals surface area contributed by atoms with E-state index in [1.54, 1.807) is 14.0 Å². The Kier molecular flexibility index (Phi) is 4.57. The standard InChI is InChI=1S/C13H17BrO3/c1-7(2)10-5-9(14)6-11(12(10)17-4)8(3)13(15)16/h5-8H,1-4H3,(H,15,16). The summed E-state index contributed by atoms with van der Waals surface area (Å²) in [4.78, 5) is 11.1. The van der Waals surface area contributed by atoms with Crippen molar-refractivity contribution in [1.29, 1.82) is 0 Å². The Morgan fingerprint density at radius 2 is 1.82 bits per heavy atom. The number of benzene rings is 1. The van der Waals surface area contributed by atoms with E-state index in [2.05, 4.69) is 29.8 Å². The molecule has 0 aromatic heterocycles. The smallest absolute Gasteiger partial charge is 0.310 e. The van der Waals surface area contributed by atoms with Crippen LogP contribution in [0, 0.1) is 0 Å². The quantitative estimate of drug-likeness (QED) is 0.921. The zero-order valence-electron chi connectivity index (χ0n) is 10.5. The molecule has 0 spiro atoms. The summed E-state index contributed by atoms with van der Waals surface area (Å²) in [6.07, 6.45) is 0. The number of methoxy groups -OCH3 is 1. The van der Waals surface area contributed by atoms with E-state index in [1.807, 2.05) is 12.1 Å². The van der Waals surface area contributed by atoms with Gasteiger partial charge in [-0.1, -0.05) is 29.8 Å². The van der Waals surface area contributed by atoms with Gasteiger partial charge in [0.15, 0.2) is 0 Å². The average Bonchev–Trinajstić information content (AvgIpc) is 2.26. The molecular weight excluding hydrogens is 284 g/mol. The first-order chi connectivity index (χ1) is 7.88. The van der Waals surface area contributed by atoms with Crippen molar-refractivity contribution in [3.8, 4) is 5.75 Å². The molecule has 0 bridgehead atoms. The summed E-state index contributed by atoms with van der Waals surface area (Å²) in [6, 6.07) is 3.78. The number of carboxylic acids is 1. The summed E-state index contributed by atoms with van der Waals surface area (Å²) in [5.41, 5.74) is 1.73. The van der Waals surface area contributed by atoms with Crippen molar-refractivity contribution in [1.82, 2.24) is 0 Å². The van der Waals surface area contributed by atoms with E-state index in [9.17, 15) is 4.79 Å². The van der Waals surface area contributed by atoms with Gasteiger partial charge in [0.05, 0.1) is 13.0 Å². The lowest BCUT2D eigenvalue weighted by Crippen LogP contribution is -2.10. The number of ether oxygens (including phenoxy) is 1. The van der Waals surface area contributed by atoms with Gasteiger partial charge in [-0.3, -0.25) is 4.79 Å². The van der Waals surface area contributed by atoms with Gasteiger partial charge in [0.25, 0.3) is 0 Å². The second kappa shape index (κ2) is 5.54. The van der Waals surface area contributed by atoms with Gasteiger partial charge in [0.1, 0.15) is 5.75 Å². The zero-order valence-corrected chi connectivity index (χ0v) is 12.0. The largest absolute Gasteiger partial charge is 0.496 e. The van der Waals surface area contributed by atoms with E-state index >= 15 is 0 Å². The summed E-state index contributed by atoms with van der Waals surface area (Å²) in [5.74, 6) is -0.476. The fourth-order valence-corrected chi connectivity index (χ4v) is 2.25. The fourth-order valence-electron chi connectivity index (χ4n) is 1.76. The van der Waals surface area contributed by atoms with Crippen LogP contribution in [-0.4, -0.2) is 18.2 Å². The Labute approximate surface area is 110 Å². The van der Waals surface area contributed by atoms with Crippen molar-refractivity contribution in [2.24, 2.45) is 0 Å². The summed E-state index contributed by atoms with van der Waals surface area (Å²) in [7, 11) is 1.58. The molecule has 3 nitrogen and oxygen atoms in total. The molecule has 1 N–H and O–H groups in total. The van der Waals surface area contributed by atoms with Crippen LogP contribution in [0.15, 0.2) is 16.6 Å². The van der Waals surface area contributed by atoms with Gasteiger partial charge in [-0.05, 0) is 30.5 Å². The van der Waals surface area contributed by atoms with Crippen LogP contribution in [0.2, 0.25) is 0 Å². The third kappa shape index (κ3) is 3.00. The van der Waals surface area contributed by atoms with Gasteiger partial charge in [0, 0.05) is 10.0 Å². The Morgan fingerprint density at radius 1 is 1.29 bits per heavy atom. The number of rotatable bonds is 4. The fraction of sp³-hybridized carbons (Fsp3) is 0.462. The van der Waals surface area contributed by atoms with Crippen LogP contribution in [0.3, 0.4) is 0 Å². The SMILES string of the molecule is COc1c(C(C)C)cc(Br)cc1C(C)C(=O)O. The molecule has 0 aliphatic rings. The van der Waals surface area contributed by atoms with Crippen LogP contribution in [0.5, 0.6) is 5.75 Å². The minimum Gasteiger partial charge on any atom is -0.496 e. The molecule has 1 aromatic rings. The van der Waals surface area contributed by atoms with Crippen molar-refractivity contribution in [2.45, 2.75) is 32.6 Å². The highest BCUT2D eigenvalue weighted by Gasteiger charge is 2.22. The summed E-state index contributed by atoms with van der Waals surface area (Å²) < 4.78 is 6.26. The Bertz CT molecular complexity index is 427. The first-order valence-electron chi connectivity index (χ1n) is 5.48. The first kappa shape index (κ1) is 14.0. The lowest BCUT2D eigenvalue weighted by Gasteiger charge is -2.19. The van der Waals surface area contributed by atoms with Crippen LogP contribution in [0.1, 0.15) is 43.7 Å². The molecule has 0 saturated carbocycles. The van der Waals surface area contributed by atoms with Crippen LogP contribution in [0.4, 0.5) is 0 Å². The van der Waals surface area contributed by atoms with E-state index in [4.69, 9.17) is 9.84 Å². The maximum atomic E-state index is 11.1. The Balaban J connectivity index is 3.43. The number of hydrogen-bond acceptors (Lipinski definition) is 2. The molecule has 1 unspecified atom stereocenters. The van der Waals surface area contributed by atoms with Crippen molar-refractivity contribution in [2.75, 3.05) is 7.11 Å². The molecule has 1 atom stereocenters. The molecule has 0 fully saturated rings. The monoisotopic (exact) mass is 300 g/mol. The number of hydrogen-bond donors (Lipinski definition) is 1. The van der Waals surface area contributed by atoms with Gasteiger partial charge in [-0.15, -0.1) is 0 Å². The van der Waals surface area contributed by atoms with E-state index in [0.29, 0.717) is 11.3 Å². The molecular formula is C13H17BrO3. The van der Waals surface area contributed by atoms with Crippen LogP contribution in [0.25, 0.3) is 0 Å². The first-order valence-corrected chi connectivity index (χ1v) is 6.27. The van der Waals surface area contributed by atoms with E-state index < -0.39 is 11.9 Å². The molecule has 1 rings (SSSR count). The predicted molar refractivity (Wildman–Crippen MR) is 70.8 cm³/mol. The molecule has 0 aliphatic carbocycles. The maximum absolute atomic E-state index is 11.1. The topological polar surface area (TPSA) is 46.5 Å². The van der Waals surface area contributed by atoms with Crippen LogP contribution < -0.4 is 4.74 Å². The molecule has 4 heteroatoms. The second-order valence-electron chi connectivity index (χ2n) is 4.33. The van der Waals surface area contributed by atoms with Gasteiger partial charge < -0.3 is 9.84 Å². The molecule has 1 aromatic carbocycles. The van der Waals surface area contributed by atoms with E-state index in [-0.39, 0.29) is 5.92 Å². The van der Waals surface area contributed by atoms with E-state index in [0.717, 1.165) is 10.0 Å². The molecule has 0 heterocycles. The summed E-state index contributed by atoms with van der Waals surface area (Å²) in [6.45, 7) is 5.77. The van der Waals surface area contributed by atoms with Crippen molar-refractivity contribution < 1.29 is 14.6 Å². The second-order valence-corrected chi connectivity index (χ2v) is 5.25. The lowest BCUT2D eigenvalue weighted by molar-refractivity contribution is -0.138. The molecule has 0 saturated heterocycles.